The molecule has 1 fully saturated rings. The van der Waals surface area contributed by atoms with Crippen molar-refractivity contribution in [2.45, 2.75) is 18.7 Å². The Kier molecular flexibility index (Phi) is 8.80. The molecule has 1 unspecified atom stereocenters. The predicted octanol–water partition coefficient (Wildman–Crippen LogP) is 5.55. The lowest BCUT2D eigenvalue weighted by molar-refractivity contribution is -0.894. The maximum atomic E-state index is 14.2. The van der Waals surface area contributed by atoms with E-state index in [1.165, 1.54) is 24.3 Å². The minimum absolute atomic E-state index is 0.0721. The molecule has 45 heavy (non-hydrogen) atoms. The fourth-order valence-electron chi connectivity index (χ4n) is 5.84. The number of quaternary nitrogens is 1. The van der Waals surface area contributed by atoms with Crippen molar-refractivity contribution in [2.24, 2.45) is 0 Å². The second-order valence-electron chi connectivity index (χ2n) is 10.8. The van der Waals surface area contributed by atoms with Crippen molar-refractivity contribution < 1.29 is 38.1 Å². The molecule has 1 amide bonds. The van der Waals surface area contributed by atoms with E-state index in [2.05, 4.69) is 0 Å². The number of morpholine rings is 1. The molecule has 4 aromatic rings. The molecule has 1 heterocycles. The third-order valence-corrected chi connectivity index (χ3v) is 8.20. The Bertz CT molecular complexity index is 1650. The highest BCUT2D eigenvalue weighted by Crippen LogP contribution is 2.43. The summed E-state index contributed by atoms with van der Waals surface area (Å²) < 4.78 is 22.7. The third kappa shape index (κ3) is 6.19. The summed E-state index contributed by atoms with van der Waals surface area (Å²) in [5.74, 6) is 1.61. The van der Waals surface area contributed by atoms with Crippen molar-refractivity contribution in [3.63, 3.8) is 0 Å². The first-order valence-corrected chi connectivity index (χ1v) is 14.0. The van der Waals surface area contributed by atoms with E-state index < -0.39 is 15.4 Å². The van der Waals surface area contributed by atoms with Gasteiger partial charge in [0.05, 0.1) is 31.2 Å². The Morgan fingerprint density at radius 1 is 0.733 bits per heavy atom. The van der Waals surface area contributed by atoms with Gasteiger partial charge in [-0.1, -0.05) is 0 Å². The van der Waals surface area contributed by atoms with E-state index in [4.69, 9.17) is 18.9 Å². The smallest absolute Gasteiger partial charge is 0.340 e. The largest absolute Gasteiger partial charge is 0.497 e. The van der Waals surface area contributed by atoms with Crippen LogP contribution in [0.25, 0.3) is 0 Å². The Morgan fingerprint density at radius 3 is 1.76 bits per heavy atom. The molecule has 1 atom stereocenters. The number of benzene rings is 4. The predicted molar refractivity (Wildman–Crippen MR) is 163 cm³/mol. The molecular weight excluding hydrogens is 582 g/mol. The van der Waals surface area contributed by atoms with Crippen molar-refractivity contribution in [1.29, 1.82) is 0 Å². The molecule has 0 aromatic heterocycles. The first-order chi connectivity index (χ1) is 21.6. The van der Waals surface area contributed by atoms with Crippen LogP contribution < -0.4 is 14.2 Å². The Hall–Kier alpha value is -5.33. The zero-order valence-corrected chi connectivity index (χ0v) is 25.0. The fraction of sp³-hybridized carbons (Fsp3) is 0.242. The zero-order chi connectivity index (χ0) is 32.2. The highest BCUT2D eigenvalue weighted by Gasteiger charge is 2.54. The second-order valence-corrected chi connectivity index (χ2v) is 10.8. The van der Waals surface area contributed by atoms with Gasteiger partial charge in [0, 0.05) is 41.5 Å². The van der Waals surface area contributed by atoms with Crippen molar-refractivity contribution >= 4 is 17.3 Å². The van der Waals surface area contributed by atoms with E-state index in [0.29, 0.717) is 28.4 Å². The van der Waals surface area contributed by atoms with Crippen molar-refractivity contribution in [1.82, 2.24) is 0 Å². The number of nitro benzene ring substituents is 2. The van der Waals surface area contributed by atoms with Crippen LogP contribution in [0.4, 0.5) is 11.4 Å². The number of ether oxygens (including phenoxy) is 4. The number of hydrogen-bond acceptors (Lipinski definition) is 9. The number of carbonyl (C=O) groups is 1. The van der Waals surface area contributed by atoms with Crippen LogP contribution in [0, 0.1) is 20.2 Å². The highest BCUT2D eigenvalue weighted by atomic mass is 16.6. The molecule has 0 radical (unpaired) electrons. The molecule has 0 spiro atoms. The number of nitro groups is 2. The van der Waals surface area contributed by atoms with Gasteiger partial charge in [-0.3, -0.25) is 20.2 Å². The average Bonchev–Trinajstić information content (AvgIpc) is 3.06. The highest BCUT2D eigenvalue weighted by molar-refractivity contribution is 5.72. The van der Waals surface area contributed by atoms with Gasteiger partial charge in [-0.05, 0) is 71.8 Å². The van der Waals surface area contributed by atoms with Gasteiger partial charge in [0.1, 0.15) is 36.9 Å². The maximum Gasteiger partial charge on any atom is 0.340 e. The molecule has 1 aliphatic heterocycles. The SMILES string of the molecule is COc1ccc(C[N+]2(Cc3ccc(OC)cc3OC)CC(c3ccc([N+](=O)[O-])cc3)(c3ccc([N+](=O)[O-])cc3)OCC2=O)cc1. The summed E-state index contributed by atoms with van der Waals surface area (Å²) in [6, 6.07) is 24.8. The Labute approximate surface area is 259 Å². The van der Waals surface area contributed by atoms with Gasteiger partial charge in [0.25, 0.3) is 11.4 Å². The Morgan fingerprint density at radius 2 is 1.27 bits per heavy atom. The van der Waals surface area contributed by atoms with E-state index in [-0.39, 0.29) is 48.0 Å². The van der Waals surface area contributed by atoms with E-state index >= 15 is 0 Å². The number of carbonyl (C=O) groups excluding carboxylic acids is 1. The van der Waals surface area contributed by atoms with Crippen LogP contribution in [-0.4, -0.2) is 54.7 Å². The van der Waals surface area contributed by atoms with Crippen LogP contribution in [0.1, 0.15) is 22.3 Å². The molecule has 0 N–H and O–H groups in total. The molecule has 232 valence electrons. The molecule has 12 nitrogen and oxygen atoms in total. The minimum atomic E-state index is -1.30. The lowest BCUT2D eigenvalue weighted by atomic mass is 9.82. The van der Waals surface area contributed by atoms with E-state index in [9.17, 15) is 25.0 Å². The molecule has 12 heteroatoms. The number of rotatable bonds is 11. The number of non-ortho nitro benzene ring substituents is 2. The molecule has 0 bridgehead atoms. The van der Waals surface area contributed by atoms with E-state index in [0.717, 1.165) is 11.1 Å². The topological polar surface area (TPSA) is 140 Å². The van der Waals surface area contributed by atoms with Crippen LogP contribution in [0.3, 0.4) is 0 Å². The molecule has 1 aliphatic rings. The number of methoxy groups -OCH3 is 3. The van der Waals surface area contributed by atoms with Crippen molar-refractivity contribution in [3.8, 4) is 17.2 Å². The summed E-state index contributed by atoms with van der Waals surface area (Å²) in [7, 11) is 4.68. The Balaban J connectivity index is 1.70. The summed E-state index contributed by atoms with van der Waals surface area (Å²) in [6.07, 6.45) is 0. The van der Waals surface area contributed by atoms with Crippen LogP contribution in [-0.2, 0) is 28.2 Å². The minimum Gasteiger partial charge on any atom is -0.497 e. The average molecular weight is 615 g/mol. The van der Waals surface area contributed by atoms with Gasteiger partial charge in [0.2, 0.25) is 0 Å². The van der Waals surface area contributed by atoms with Gasteiger partial charge in [-0.25, -0.2) is 9.28 Å². The molecule has 5 rings (SSSR count). The van der Waals surface area contributed by atoms with Crippen LogP contribution in [0.5, 0.6) is 17.2 Å². The van der Waals surface area contributed by atoms with Crippen LogP contribution >= 0.6 is 0 Å². The second kappa shape index (κ2) is 12.7. The molecular formula is C33H32N3O9+. The number of amides is 1. The molecule has 1 saturated heterocycles. The quantitative estimate of drug-likeness (QED) is 0.121. The number of nitrogens with zero attached hydrogens (tertiary/aromatic N) is 3. The molecule has 0 saturated carbocycles. The first kappa shape index (κ1) is 31.1. The normalized spacial score (nSPS) is 17.4. The summed E-state index contributed by atoms with van der Waals surface area (Å²) in [5, 5.41) is 23.0. The fourth-order valence-corrected chi connectivity index (χ4v) is 5.84. The lowest BCUT2D eigenvalue weighted by Gasteiger charge is -2.48. The van der Waals surface area contributed by atoms with Crippen molar-refractivity contribution in [3.05, 3.63) is 133 Å². The standard InChI is InChI=1S/C33H32N3O9/c1-42-29-15-4-23(5-16-29)19-36(20-24-6-17-30(43-2)18-31(24)44-3)22-33(45-21-32(36)37,25-7-11-27(12-8-25)34(38)39)26-9-13-28(14-10-26)35(40)41/h4-18H,19-22H2,1-3H3/q+1. The molecule has 0 aliphatic carbocycles. The van der Waals surface area contributed by atoms with Crippen molar-refractivity contribution in [2.75, 3.05) is 34.5 Å². The van der Waals surface area contributed by atoms with Gasteiger partial charge < -0.3 is 18.9 Å². The summed E-state index contributed by atoms with van der Waals surface area (Å²) in [5.41, 5.74) is 1.23. The zero-order valence-electron chi connectivity index (χ0n) is 25.0. The van der Waals surface area contributed by atoms with Gasteiger partial charge in [-0.2, -0.15) is 0 Å². The summed E-state index contributed by atoms with van der Waals surface area (Å²) in [6.45, 7) is 0.261. The summed E-state index contributed by atoms with van der Waals surface area (Å²) >= 11 is 0. The van der Waals surface area contributed by atoms with Crippen LogP contribution in [0.15, 0.2) is 91.0 Å². The van der Waals surface area contributed by atoms with E-state index in [1.807, 2.05) is 30.3 Å². The van der Waals surface area contributed by atoms with Gasteiger partial charge in [-0.15, -0.1) is 0 Å². The number of hydrogen-bond donors (Lipinski definition) is 0. The van der Waals surface area contributed by atoms with Gasteiger partial charge in [0.15, 0.2) is 12.2 Å². The van der Waals surface area contributed by atoms with Gasteiger partial charge >= 0.3 is 5.91 Å². The summed E-state index contributed by atoms with van der Waals surface area (Å²) in [4.78, 5) is 36.2. The third-order valence-electron chi connectivity index (χ3n) is 8.20. The first-order valence-electron chi connectivity index (χ1n) is 14.0. The monoisotopic (exact) mass is 614 g/mol. The maximum absolute atomic E-state index is 14.2. The lowest BCUT2D eigenvalue weighted by Crippen LogP contribution is -2.64. The van der Waals surface area contributed by atoms with Crippen LogP contribution in [0.2, 0.25) is 0 Å². The van der Waals surface area contributed by atoms with E-state index in [1.54, 1.807) is 57.7 Å². The molecule has 4 aromatic carbocycles.